The Kier molecular flexibility index (Phi) is 5.39. The Morgan fingerprint density at radius 2 is 2.04 bits per heavy atom. The molecule has 1 aliphatic carbocycles. The zero-order valence-electron chi connectivity index (χ0n) is 14.0. The number of carboxylic acid groups (broad SMARTS) is 1. The van der Waals surface area contributed by atoms with Gasteiger partial charge in [-0.15, -0.1) is 0 Å². The van der Waals surface area contributed by atoms with Gasteiger partial charge in [-0.1, -0.05) is 35.3 Å². The van der Waals surface area contributed by atoms with Crippen molar-refractivity contribution in [1.82, 2.24) is 0 Å². The molecule has 1 amide bonds. The van der Waals surface area contributed by atoms with Gasteiger partial charge < -0.3 is 15.2 Å². The van der Waals surface area contributed by atoms with Crippen LogP contribution in [0, 0.1) is 12.8 Å². The quantitative estimate of drug-likeness (QED) is 0.756. The molecule has 2 aromatic rings. The van der Waals surface area contributed by atoms with Crippen molar-refractivity contribution >= 4 is 40.8 Å². The van der Waals surface area contributed by atoms with Crippen LogP contribution in [0.3, 0.4) is 0 Å². The molecular weight excluding hydrogens is 377 g/mol. The molecule has 2 aromatic carbocycles. The fourth-order valence-corrected chi connectivity index (χ4v) is 3.32. The lowest BCUT2D eigenvalue weighted by Crippen LogP contribution is -2.15. The second-order valence-electron chi connectivity index (χ2n) is 6.24. The van der Waals surface area contributed by atoms with E-state index >= 15 is 0 Å². The summed E-state index contributed by atoms with van der Waals surface area (Å²) in [7, 11) is 0. The minimum absolute atomic E-state index is 0.0691. The molecule has 0 saturated heterocycles. The van der Waals surface area contributed by atoms with Crippen LogP contribution in [0.1, 0.15) is 23.5 Å². The zero-order valence-corrected chi connectivity index (χ0v) is 15.5. The van der Waals surface area contributed by atoms with Gasteiger partial charge in [0.25, 0.3) is 0 Å². The van der Waals surface area contributed by atoms with E-state index in [-0.39, 0.29) is 17.7 Å². The minimum Gasteiger partial charge on any atom is -0.482 e. The first-order valence-corrected chi connectivity index (χ1v) is 8.82. The first kappa shape index (κ1) is 18.5. The second kappa shape index (κ2) is 7.56. The van der Waals surface area contributed by atoms with E-state index in [1.165, 1.54) is 0 Å². The van der Waals surface area contributed by atoms with Crippen molar-refractivity contribution in [2.45, 2.75) is 19.3 Å². The monoisotopic (exact) mass is 393 g/mol. The van der Waals surface area contributed by atoms with Crippen molar-refractivity contribution < 1.29 is 19.4 Å². The van der Waals surface area contributed by atoms with Crippen LogP contribution in [0.5, 0.6) is 5.75 Å². The number of ether oxygens (including phenoxy) is 1. The number of carboxylic acids is 1. The third-order valence-corrected chi connectivity index (χ3v) is 5.16. The van der Waals surface area contributed by atoms with E-state index in [4.69, 9.17) is 33.0 Å². The number of anilines is 1. The average Bonchev–Trinajstić information content (AvgIpc) is 3.38. The number of rotatable bonds is 6. The van der Waals surface area contributed by atoms with Gasteiger partial charge >= 0.3 is 5.97 Å². The Morgan fingerprint density at radius 3 is 2.73 bits per heavy atom. The lowest BCUT2D eigenvalue weighted by atomic mass is 10.1. The summed E-state index contributed by atoms with van der Waals surface area (Å²) in [5, 5.41) is 12.5. The van der Waals surface area contributed by atoms with E-state index in [0.717, 1.165) is 17.5 Å². The molecule has 3 rings (SSSR count). The molecule has 1 saturated carbocycles. The molecule has 0 heterocycles. The zero-order chi connectivity index (χ0) is 18.8. The van der Waals surface area contributed by atoms with Gasteiger partial charge in [0.2, 0.25) is 5.91 Å². The number of carbonyl (C=O) groups excluding carboxylic acids is 1. The van der Waals surface area contributed by atoms with Gasteiger partial charge in [-0.05, 0) is 54.7 Å². The molecule has 0 aliphatic heterocycles. The summed E-state index contributed by atoms with van der Waals surface area (Å²) >= 11 is 12.3. The maximum atomic E-state index is 12.5. The molecule has 26 heavy (non-hydrogen) atoms. The molecule has 5 nitrogen and oxygen atoms in total. The van der Waals surface area contributed by atoms with Crippen molar-refractivity contribution in [1.29, 1.82) is 0 Å². The van der Waals surface area contributed by atoms with Crippen LogP contribution in [0.15, 0.2) is 36.4 Å². The highest BCUT2D eigenvalue weighted by Crippen LogP contribution is 2.51. The molecule has 136 valence electrons. The van der Waals surface area contributed by atoms with Crippen molar-refractivity contribution in [3.8, 4) is 5.75 Å². The number of aryl methyl sites for hydroxylation is 1. The highest BCUT2D eigenvalue weighted by molar-refractivity contribution is 6.42. The van der Waals surface area contributed by atoms with Crippen LogP contribution < -0.4 is 10.1 Å². The third-order valence-electron chi connectivity index (χ3n) is 4.33. The molecule has 2 unspecified atom stereocenters. The predicted octanol–water partition coefficient (Wildman–Crippen LogP) is 4.51. The first-order chi connectivity index (χ1) is 12.4. The summed E-state index contributed by atoms with van der Waals surface area (Å²) < 4.78 is 5.13. The average molecular weight is 394 g/mol. The number of amides is 1. The fourth-order valence-electron chi connectivity index (χ4n) is 2.87. The standard InChI is InChI=1S/C19H17Cl2NO4/c1-10-7-11(26-9-17(23)24)5-6-16(10)22-19(25)14-8-13(14)12-3-2-4-15(20)18(12)21/h2-7,13-14H,8-9H2,1H3,(H,22,25)(H,23,24). The van der Waals surface area contributed by atoms with Gasteiger partial charge in [0.15, 0.2) is 6.61 Å². The summed E-state index contributed by atoms with van der Waals surface area (Å²) in [4.78, 5) is 23.1. The molecule has 0 spiro atoms. The number of aliphatic carboxylic acids is 1. The molecule has 2 atom stereocenters. The lowest BCUT2D eigenvalue weighted by Gasteiger charge is -2.11. The first-order valence-electron chi connectivity index (χ1n) is 8.07. The highest BCUT2D eigenvalue weighted by Gasteiger charge is 2.45. The topological polar surface area (TPSA) is 75.6 Å². The molecular formula is C19H17Cl2NO4. The molecule has 7 heteroatoms. The van der Waals surface area contributed by atoms with Gasteiger partial charge in [0.1, 0.15) is 5.75 Å². The normalized spacial score (nSPS) is 18.3. The Labute approximate surface area is 160 Å². The molecule has 1 fully saturated rings. The number of nitrogens with one attached hydrogen (secondary N) is 1. The maximum Gasteiger partial charge on any atom is 0.341 e. The van der Waals surface area contributed by atoms with Crippen LogP contribution in [0.25, 0.3) is 0 Å². The summed E-state index contributed by atoms with van der Waals surface area (Å²) in [6.07, 6.45) is 0.727. The van der Waals surface area contributed by atoms with Gasteiger partial charge in [-0.2, -0.15) is 0 Å². The smallest absolute Gasteiger partial charge is 0.341 e. The predicted molar refractivity (Wildman–Crippen MR) is 100 cm³/mol. The summed E-state index contributed by atoms with van der Waals surface area (Å²) in [6.45, 7) is 1.41. The number of benzene rings is 2. The van der Waals surface area contributed by atoms with E-state index in [2.05, 4.69) is 5.32 Å². The van der Waals surface area contributed by atoms with E-state index < -0.39 is 12.6 Å². The van der Waals surface area contributed by atoms with Gasteiger partial charge in [0, 0.05) is 11.6 Å². The minimum atomic E-state index is -1.04. The Morgan fingerprint density at radius 1 is 1.27 bits per heavy atom. The summed E-state index contributed by atoms with van der Waals surface area (Å²) in [5.74, 6) is -0.751. The molecule has 0 bridgehead atoms. The summed E-state index contributed by atoms with van der Waals surface area (Å²) in [6, 6.07) is 10.5. The Balaban J connectivity index is 1.64. The SMILES string of the molecule is Cc1cc(OCC(=O)O)ccc1NC(=O)C1CC1c1cccc(Cl)c1Cl. The molecule has 1 aliphatic rings. The molecule has 2 N–H and O–H groups in total. The molecule has 0 radical (unpaired) electrons. The lowest BCUT2D eigenvalue weighted by molar-refractivity contribution is -0.139. The second-order valence-corrected chi connectivity index (χ2v) is 7.03. The van der Waals surface area contributed by atoms with Gasteiger partial charge in [0.05, 0.1) is 10.0 Å². The van der Waals surface area contributed by atoms with Crippen LogP contribution in [-0.2, 0) is 9.59 Å². The van der Waals surface area contributed by atoms with Gasteiger partial charge in [-0.3, -0.25) is 4.79 Å². The van der Waals surface area contributed by atoms with E-state index in [0.29, 0.717) is 21.5 Å². The van der Waals surface area contributed by atoms with E-state index in [9.17, 15) is 9.59 Å². The van der Waals surface area contributed by atoms with Crippen LogP contribution in [-0.4, -0.2) is 23.6 Å². The Hall–Kier alpha value is -2.24. The van der Waals surface area contributed by atoms with Crippen molar-refractivity contribution in [3.05, 3.63) is 57.6 Å². The van der Waals surface area contributed by atoms with E-state index in [1.807, 2.05) is 19.1 Å². The van der Waals surface area contributed by atoms with Crippen molar-refractivity contribution in [2.75, 3.05) is 11.9 Å². The van der Waals surface area contributed by atoms with Crippen LogP contribution >= 0.6 is 23.2 Å². The van der Waals surface area contributed by atoms with Crippen LogP contribution in [0.2, 0.25) is 10.0 Å². The van der Waals surface area contributed by atoms with E-state index in [1.54, 1.807) is 24.3 Å². The number of carbonyl (C=O) groups is 2. The number of hydrogen-bond donors (Lipinski definition) is 2. The van der Waals surface area contributed by atoms with Crippen molar-refractivity contribution in [2.24, 2.45) is 5.92 Å². The van der Waals surface area contributed by atoms with Crippen molar-refractivity contribution in [3.63, 3.8) is 0 Å². The fraction of sp³-hybridized carbons (Fsp3) is 0.263. The maximum absolute atomic E-state index is 12.5. The Bertz CT molecular complexity index is 869. The van der Waals surface area contributed by atoms with Gasteiger partial charge in [-0.25, -0.2) is 4.79 Å². The summed E-state index contributed by atoms with van der Waals surface area (Å²) in [5.41, 5.74) is 2.35. The third kappa shape index (κ3) is 4.11. The highest BCUT2D eigenvalue weighted by atomic mass is 35.5. The number of halogens is 2. The molecule has 0 aromatic heterocycles. The number of hydrogen-bond acceptors (Lipinski definition) is 3. The largest absolute Gasteiger partial charge is 0.482 e. The van der Waals surface area contributed by atoms with Crippen LogP contribution in [0.4, 0.5) is 5.69 Å².